The predicted molar refractivity (Wildman–Crippen MR) is 57.7 cm³/mol. The Bertz CT molecular complexity index is 451. The van der Waals surface area contributed by atoms with E-state index in [9.17, 15) is 0 Å². The van der Waals surface area contributed by atoms with Gasteiger partial charge in [-0.1, -0.05) is 17.3 Å². The Balaban J connectivity index is 1.94. The summed E-state index contributed by atoms with van der Waals surface area (Å²) in [5.41, 5.74) is 6.57. The summed E-state index contributed by atoms with van der Waals surface area (Å²) in [6.45, 7) is 2.58. The van der Waals surface area contributed by atoms with Crippen molar-refractivity contribution in [2.45, 2.75) is 20.1 Å². The van der Waals surface area contributed by atoms with Gasteiger partial charge < -0.3 is 15.0 Å². The summed E-state index contributed by atoms with van der Waals surface area (Å²) in [6.07, 6.45) is 0. The Kier molecular flexibility index (Phi) is 3.16. The minimum atomic E-state index is 0.305. The number of aryl methyl sites for hydroxylation is 1. The number of nitrogens with two attached hydrogens (primary N) is 1. The van der Waals surface area contributed by atoms with Crippen molar-refractivity contribution in [3.05, 3.63) is 41.5 Å². The summed E-state index contributed by atoms with van der Waals surface area (Å²) in [4.78, 5) is 4.04. The van der Waals surface area contributed by atoms with E-state index in [0.717, 1.165) is 11.3 Å². The zero-order valence-corrected chi connectivity index (χ0v) is 9.01. The minimum absolute atomic E-state index is 0.305. The van der Waals surface area contributed by atoms with Crippen molar-refractivity contribution < 1.29 is 9.26 Å². The number of ether oxygens (including phenoxy) is 1. The molecule has 0 fully saturated rings. The Morgan fingerprint density at radius 1 is 1.31 bits per heavy atom. The van der Waals surface area contributed by atoms with Crippen LogP contribution in [-0.2, 0) is 13.2 Å². The van der Waals surface area contributed by atoms with Crippen LogP contribution in [0.5, 0.6) is 5.75 Å². The van der Waals surface area contributed by atoms with Crippen LogP contribution >= 0.6 is 0 Å². The first kappa shape index (κ1) is 10.6. The van der Waals surface area contributed by atoms with Gasteiger partial charge in [-0.15, -0.1) is 0 Å². The molecule has 0 unspecified atom stereocenters. The molecule has 84 valence electrons. The lowest BCUT2D eigenvalue weighted by Gasteiger charge is -2.03. The second-order valence-corrected chi connectivity index (χ2v) is 3.37. The molecule has 0 saturated carbocycles. The van der Waals surface area contributed by atoms with Gasteiger partial charge in [-0.2, -0.15) is 4.98 Å². The predicted octanol–water partition coefficient (Wildman–Crippen LogP) is 1.42. The number of rotatable bonds is 4. The number of hydrogen-bond acceptors (Lipinski definition) is 5. The van der Waals surface area contributed by atoms with E-state index in [1.165, 1.54) is 0 Å². The molecule has 0 bridgehead atoms. The summed E-state index contributed by atoms with van der Waals surface area (Å²) in [5, 5.41) is 3.73. The largest absolute Gasteiger partial charge is 0.485 e. The van der Waals surface area contributed by atoms with Gasteiger partial charge in [0.2, 0.25) is 11.7 Å². The molecule has 2 rings (SSSR count). The number of nitrogens with zero attached hydrogens (tertiary/aromatic N) is 2. The molecule has 0 atom stereocenters. The maximum Gasteiger partial charge on any atom is 0.223 e. The van der Waals surface area contributed by atoms with Crippen LogP contribution in [0.1, 0.15) is 17.3 Å². The molecule has 16 heavy (non-hydrogen) atoms. The second-order valence-electron chi connectivity index (χ2n) is 3.37. The van der Waals surface area contributed by atoms with Crippen LogP contribution in [0.3, 0.4) is 0 Å². The number of benzene rings is 1. The van der Waals surface area contributed by atoms with Gasteiger partial charge in [0.05, 0.1) is 0 Å². The van der Waals surface area contributed by atoms with Crippen LogP contribution in [0.15, 0.2) is 28.8 Å². The van der Waals surface area contributed by atoms with Crippen LogP contribution in [0, 0.1) is 6.92 Å². The molecule has 1 aromatic carbocycles. The third kappa shape index (κ3) is 2.58. The highest BCUT2D eigenvalue weighted by Crippen LogP contribution is 2.13. The lowest BCUT2D eigenvalue weighted by molar-refractivity contribution is 0.285. The highest BCUT2D eigenvalue weighted by atomic mass is 16.5. The van der Waals surface area contributed by atoms with Crippen LogP contribution in [0.4, 0.5) is 0 Å². The third-order valence-electron chi connectivity index (χ3n) is 2.10. The smallest absolute Gasteiger partial charge is 0.223 e. The molecule has 1 heterocycles. The van der Waals surface area contributed by atoms with Crippen molar-refractivity contribution in [3.63, 3.8) is 0 Å². The normalized spacial score (nSPS) is 10.4. The Morgan fingerprint density at radius 2 is 2.06 bits per heavy atom. The van der Waals surface area contributed by atoms with Crippen LogP contribution < -0.4 is 10.5 Å². The first-order chi connectivity index (χ1) is 7.78. The fraction of sp³-hybridized carbons (Fsp3) is 0.273. The minimum Gasteiger partial charge on any atom is -0.485 e. The molecule has 2 N–H and O–H groups in total. The zero-order valence-electron chi connectivity index (χ0n) is 9.01. The highest BCUT2D eigenvalue weighted by Gasteiger charge is 2.02. The van der Waals surface area contributed by atoms with E-state index < -0.39 is 0 Å². The molecular weight excluding hydrogens is 206 g/mol. The summed E-state index contributed by atoms with van der Waals surface area (Å²) in [6, 6.07) is 7.60. The lowest BCUT2D eigenvalue weighted by atomic mass is 10.2. The van der Waals surface area contributed by atoms with Crippen LogP contribution in [0.2, 0.25) is 0 Å². The molecule has 0 amide bonds. The first-order valence-corrected chi connectivity index (χ1v) is 4.99. The molecule has 0 aliphatic rings. The molecule has 0 radical (unpaired) electrons. The average molecular weight is 219 g/mol. The molecule has 1 aromatic heterocycles. The number of aromatic nitrogens is 2. The van der Waals surface area contributed by atoms with E-state index in [2.05, 4.69) is 10.1 Å². The third-order valence-corrected chi connectivity index (χ3v) is 2.10. The molecule has 2 aromatic rings. The molecule has 5 nitrogen and oxygen atoms in total. The van der Waals surface area contributed by atoms with Gasteiger partial charge in [-0.3, -0.25) is 0 Å². The van der Waals surface area contributed by atoms with Crippen molar-refractivity contribution in [1.82, 2.24) is 10.1 Å². The van der Waals surface area contributed by atoms with E-state index in [0.29, 0.717) is 24.9 Å². The topological polar surface area (TPSA) is 74.2 Å². The Hall–Kier alpha value is -1.88. The molecule has 0 saturated heterocycles. The Morgan fingerprint density at radius 3 is 2.62 bits per heavy atom. The van der Waals surface area contributed by atoms with Crippen molar-refractivity contribution in [2.24, 2.45) is 5.73 Å². The van der Waals surface area contributed by atoms with Gasteiger partial charge in [0, 0.05) is 13.5 Å². The molecular formula is C11H13N3O2. The second kappa shape index (κ2) is 4.76. The van der Waals surface area contributed by atoms with Gasteiger partial charge >= 0.3 is 0 Å². The summed E-state index contributed by atoms with van der Waals surface area (Å²) in [7, 11) is 0. The number of hydrogen-bond donors (Lipinski definition) is 1. The van der Waals surface area contributed by atoms with Crippen molar-refractivity contribution in [3.8, 4) is 5.75 Å². The fourth-order valence-corrected chi connectivity index (χ4v) is 1.27. The van der Waals surface area contributed by atoms with Crippen molar-refractivity contribution >= 4 is 0 Å². The molecule has 0 spiro atoms. The quantitative estimate of drug-likeness (QED) is 0.841. The monoisotopic (exact) mass is 219 g/mol. The van der Waals surface area contributed by atoms with Crippen molar-refractivity contribution in [1.29, 1.82) is 0 Å². The van der Waals surface area contributed by atoms with Crippen LogP contribution in [-0.4, -0.2) is 10.1 Å². The van der Waals surface area contributed by atoms with E-state index in [4.69, 9.17) is 15.0 Å². The lowest BCUT2D eigenvalue weighted by Crippen LogP contribution is -1.99. The first-order valence-electron chi connectivity index (χ1n) is 4.99. The fourth-order valence-electron chi connectivity index (χ4n) is 1.27. The summed E-state index contributed by atoms with van der Waals surface area (Å²) in [5.74, 6) is 1.84. The summed E-state index contributed by atoms with van der Waals surface area (Å²) >= 11 is 0. The molecule has 5 heteroatoms. The van der Waals surface area contributed by atoms with Gasteiger partial charge in [0.25, 0.3) is 0 Å². The van der Waals surface area contributed by atoms with E-state index >= 15 is 0 Å². The molecule has 0 aliphatic carbocycles. The van der Waals surface area contributed by atoms with Crippen molar-refractivity contribution in [2.75, 3.05) is 0 Å². The van der Waals surface area contributed by atoms with Gasteiger partial charge in [-0.05, 0) is 17.7 Å². The van der Waals surface area contributed by atoms with E-state index in [1.54, 1.807) is 6.92 Å². The van der Waals surface area contributed by atoms with Gasteiger partial charge in [0.1, 0.15) is 5.75 Å². The standard InChI is InChI=1S/C11H13N3O2/c1-8-13-11(14-16-8)7-15-10-4-2-9(6-12)3-5-10/h2-5H,6-7,12H2,1H3. The maximum absolute atomic E-state index is 5.49. The highest BCUT2D eigenvalue weighted by molar-refractivity contribution is 5.27. The SMILES string of the molecule is Cc1nc(COc2ccc(CN)cc2)no1. The van der Waals surface area contributed by atoms with Gasteiger partial charge in [0.15, 0.2) is 6.61 Å². The zero-order chi connectivity index (χ0) is 11.4. The van der Waals surface area contributed by atoms with E-state index in [1.807, 2.05) is 24.3 Å². The summed E-state index contributed by atoms with van der Waals surface area (Å²) < 4.78 is 10.3. The maximum atomic E-state index is 5.49. The average Bonchev–Trinajstić information content (AvgIpc) is 2.73. The van der Waals surface area contributed by atoms with Gasteiger partial charge in [-0.25, -0.2) is 0 Å². The Labute approximate surface area is 93.2 Å². The van der Waals surface area contributed by atoms with Crippen LogP contribution in [0.25, 0.3) is 0 Å². The molecule has 0 aliphatic heterocycles. The van der Waals surface area contributed by atoms with E-state index in [-0.39, 0.29) is 0 Å².